The number of aromatic nitrogens is 2. The van der Waals surface area contributed by atoms with Crippen LogP contribution in [0.15, 0.2) is 206 Å². The number of fused-ring (bicyclic) bond motifs is 4. The van der Waals surface area contributed by atoms with E-state index in [0.29, 0.717) is 0 Å². The Hall–Kier alpha value is -7.16. The van der Waals surface area contributed by atoms with E-state index in [9.17, 15) is 0 Å². The molecule has 0 atom stereocenters. The molecule has 2 heteroatoms. The van der Waals surface area contributed by atoms with Crippen LogP contribution >= 0.6 is 0 Å². The third-order valence-electron chi connectivity index (χ3n) is 10.5. The minimum atomic E-state index is 0.730. The van der Waals surface area contributed by atoms with Gasteiger partial charge >= 0.3 is 0 Å². The van der Waals surface area contributed by atoms with Crippen molar-refractivity contribution in [2.75, 3.05) is 0 Å². The highest BCUT2D eigenvalue weighted by Crippen LogP contribution is 2.36. The van der Waals surface area contributed by atoms with E-state index in [-0.39, 0.29) is 0 Å². The van der Waals surface area contributed by atoms with Gasteiger partial charge in [0.1, 0.15) is 0 Å². The molecule has 0 aliphatic carbocycles. The maximum atomic E-state index is 5.16. The van der Waals surface area contributed by atoms with Gasteiger partial charge in [0, 0.05) is 21.9 Å². The first kappa shape index (κ1) is 31.6. The van der Waals surface area contributed by atoms with Crippen molar-refractivity contribution < 1.29 is 0 Å². The van der Waals surface area contributed by atoms with E-state index in [1.54, 1.807) is 0 Å². The van der Waals surface area contributed by atoms with Crippen LogP contribution in [0.3, 0.4) is 0 Å². The van der Waals surface area contributed by atoms with E-state index < -0.39 is 0 Å². The molecule has 54 heavy (non-hydrogen) atoms. The van der Waals surface area contributed by atoms with Gasteiger partial charge in [0.05, 0.1) is 11.2 Å². The Labute approximate surface area is 314 Å². The van der Waals surface area contributed by atoms with Crippen molar-refractivity contribution in [3.8, 4) is 67.2 Å². The van der Waals surface area contributed by atoms with Gasteiger partial charge in [0.25, 0.3) is 0 Å². The second kappa shape index (κ2) is 13.4. The molecule has 0 aliphatic rings. The molecule has 0 fully saturated rings. The fourth-order valence-electron chi connectivity index (χ4n) is 7.72. The third kappa shape index (κ3) is 5.81. The Morgan fingerprint density at radius 2 is 0.741 bits per heavy atom. The van der Waals surface area contributed by atoms with Crippen LogP contribution in [0.1, 0.15) is 0 Å². The molecule has 0 saturated carbocycles. The minimum absolute atomic E-state index is 0.730. The van der Waals surface area contributed by atoms with Crippen LogP contribution in [0.2, 0.25) is 0 Å². The van der Waals surface area contributed by atoms with E-state index in [1.165, 1.54) is 55.1 Å². The molecule has 9 aromatic carbocycles. The predicted octanol–water partition coefficient (Wildman–Crippen LogP) is 13.9. The molecule has 252 valence electrons. The van der Waals surface area contributed by atoms with E-state index in [4.69, 9.17) is 9.97 Å². The number of rotatable bonds is 6. The Morgan fingerprint density at radius 1 is 0.259 bits per heavy atom. The molecule has 0 amide bonds. The maximum absolute atomic E-state index is 5.16. The van der Waals surface area contributed by atoms with Gasteiger partial charge in [0.2, 0.25) is 0 Å². The van der Waals surface area contributed by atoms with Crippen LogP contribution in [0.4, 0.5) is 0 Å². The van der Waals surface area contributed by atoms with E-state index in [1.807, 2.05) is 18.2 Å². The maximum Gasteiger partial charge on any atom is 0.160 e. The summed E-state index contributed by atoms with van der Waals surface area (Å²) < 4.78 is 0. The average Bonchev–Trinajstić information content (AvgIpc) is 3.26. The Balaban J connectivity index is 0.987. The van der Waals surface area contributed by atoms with E-state index in [2.05, 4.69) is 188 Å². The fraction of sp³-hybridized carbons (Fsp3) is 0. The first-order valence-electron chi connectivity index (χ1n) is 18.4. The highest BCUT2D eigenvalue weighted by Gasteiger charge is 2.14. The lowest BCUT2D eigenvalue weighted by molar-refractivity contribution is 1.23. The van der Waals surface area contributed by atoms with Gasteiger partial charge in [-0.25, -0.2) is 9.97 Å². The molecule has 0 saturated heterocycles. The van der Waals surface area contributed by atoms with E-state index >= 15 is 0 Å². The molecule has 10 aromatic rings. The second-order valence-electron chi connectivity index (χ2n) is 13.8. The molecule has 2 nitrogen and oxygen atoms in total. The summed E-state index contributed by atoms with van der Waals surface area (Å²) in [6.07, 6.45) is 0. The molecule has 1 aromatic heterocycles. The van der Waals surface area contributed by atoms with Gasteiger partial charge in [-0.05, 0) is 84.9 Å². The second-order valence-corrected chi connectivity index (χ2v) is 13.8. The third-order valence-corrected chi connectivity index (χ3v) is 10.5. The topological polar surface area (TPSA) is 25.8 Å². The lowest BCUT2D eigenvalue weighted by atomic mass is 9.93. The normalized spacial score (nSPS) is 11.3. The van der Waals surface area contributed by atoms with Crippen molar-refractivity contribution >= 4 is 32.4 Å². The van der Waals surface area contributed by atoms with Crippen molar-refractivity contribution in [3.05, 3.63) is 206 Å². The van der Waals surface area contributed by atoms with Crippen molar-refractivity contribution in [1.29, 1.82) is 0 Å². The summed E-state index contributed by atoms with van der Waals surface area (Å²) in [6.45, 7) is 0. The Morgan fingerprint density at radius 3 is 1.43 bits per heavy atom. The highest BCUT2D eigenvalue weighted by molar-refractivity contribution is 6.09. The number of nitrogens with zero attached hydrogens (tertiary/aromatic N) is 2. The minimum Gasteiger partial charge on any atom is -0.227 e. The molecular formula is C52H34N2. The van der Waals surface area contributed by atoms with Gasteiger partial charge in [-0.1, -0.05) is 182 Å². The van der Waals surface area contributed by atoms with Gasteiger partial charge in [0.15, 0.2) is 5.82 Å². The smallest absolute Gasteiger partial charge is 0.160 e. The van der Waals surface area contributed by atoms with Gasteiger partial charge < -0.3 is 0 Å². The monoisotopic (exact) mass is 686 g/mol. The van der Waals surface area contributed by atoms with Crippen LogP contribution in [0.25, 0.3) is 99.6 Å². The molecular weight excluding hydrogens is 653 g/mol. The Kier molecular flexibility index (Phi) is 7.85. The summed E-state index contributed by atoms with van der Waals surface area (Å²) in [5.74, 6) is 0.730. The summed E-state index contributed by atoms with van der Waals surface area (Å²) >= 11 is 0. The van der Waals surface area contributed by atoms with Gasteiger partial charge in [-0.3, -0.25) is 0 Å². The standard InChI is InChI=1S/C52H34N2/c1-2-14-39(15-3-1)52-53-50(49-31-30-37-13-5-7-24-48(37)51(49)54-52)38-28-26-35(27-29-38)40-17-8-18-41(32-40)42-19-9-20-43(33-42)44-21-10-22-45(34-44)47-25-11-16-36-12-4-6-23-46(36)47/h1-34H. The molecule has 10 rings (SSSR count). The molecule has 0 N–H and O–H groups in total. The zero-order chi connectivity index (χ0) is 35.8. The summed E-state index contributed by atoms with van der Waals surface area (Å²) in [6, 6.07) is 73.6. The predicted molar refractivity (Wildman–Crippen MR) is 227 cm³/mol. The lowest BCUT2D eigenvalue weighted by Crippen LogP contribution is -1.96. The Bertz CT molecular complexity index is 2980. The number of hydrogen-bond donors (Lipinski definition) is 0. The van der Waals surface area contributed by atoms with Crippen LogP contribution in [0, 0.1) is 0 Å². The summed E-state index contributed by atoms with van der Waals surface area (Å²) in [4.78, 5) is 10.3. The zero-order valence-electron chi connectivity index (χ0n) is 29.5. The van der Waals surface area contributed by atoms with E-state index in [0.717, 1.165) is 44.5 Å². The molecule has 0 unspecified atom stereocenters. The average molecular weight is 687 g/mol. The summed E-state index contributed by atoms with van der Waals surface area (Å²) in [5, 5.41) is 5.87. The van der Waals surface area contributed by atoms with Crippen LogP contribution < -0.4 is 0 Å². The van der Waals surface area contributed by atoms with Crippen LogP contribution in [0.5, 0.6) is 0 Å². The molecule has 1 heterocycles. The largest absolute Gasteiger partial charge is 0.227 e. The molecule has 0 radical (unpaired) electrons. The highest BCUT2D eigenvalue weighted by atomic mass is 14.9. The first-order chi connectivity index (χ1) is 26.7. The zero-order valence-corrected chi connectivity index (χ0v) is 29.5. The summed E-state index contributed by atoms with van der Waals surface area (Å²) in [7, 11) is 0. The number of benzene rings is 9. The molecule has 0 aliphatic heterocycles. The van der Waals surface area contributed by atoms with Crippen molar-refractivity contribution in [1.82, 2.24) is 9.97 Å². The van der Waals surface area contributed by atoms with Gasteiger partial charge in [-0.2, -0.15) is 0 Å². The van der Waals surface area contributed by atoms with Crippen molar-refractivity contribution in [2.45, 2.75) is 0 Å². The summed E-state index contributed by atoms with van der Waals surface area (Å²) in [5.41, 5.74) is 13.6. The first-order valence-corrected chi connectivity index (χ1v) is 18.4. The molecule has 0 bridgehead atoms. The van der Waals surface area contributed by atoms with Gasteiger partial charge in [-0.15, -0.1) is 0 Å². The molecule has 0 spiro atoms. The lowest BCUT2D eigenvalue weighted by Gasteiger charge is -2.13. The van der Waals surface area contributed by atoms with Crippen LogP contribution in [-0.4, -0.2) is 9.97 Å². The van der Waals surface area contributed by atoms with Crippen molar-refractivity contribution in [3.63, 3.8) is 0 Å². The fourth-order valence-corrected chi connectivity index (χ4v) is 7.72. The van der Waals surface area contributed by atoms with Crippen LogP contribution in [-0.2, 0) is 0 Å². The van der Waals surface area contributed by atoms with Crippen molar-refractivity contribution in [2.24, 2.45) is 0 Å². The quantitative estimate of drug-likeness (QED) is 0.163. The SMILES string of the molecule is c1ccc(-c2nc(-c3ccc(-c4cccc(-c5cccc(-c6cccc(-c7cccc8ccccc78)c6)c5)c4)cc3)c3ccc4ccccc4c3n2)cc1. The number of hydrogen-bond acceptors (Lipinski definition) is 2.